The molecule has 1 aromatic carbocycles. The van der Waals surface area contributed by atoms with Gasteiger partial charge in [-0.1, -0.05) is 29.8 Å². The number of carbonyl (C=O) groups excluding carboxylic acids is 1. The van der Waals surface area contributed by atoms with Gasteiger partial charge >= 0.3 is 12.1 Å². The van der Waals surface area contributed by atoms with Gasteiger partial charge in [0.15, 0.2) is 0 Å². The zero-order valence-electron chi connectivity index (χ0n) is 11.1. The van der Waals surface area contributed by atoms with Crippen molar-refractivity contribution >= 4 is 12.1 Å². The number of carboxylic acid groups (broad SMARTS) is 1. The minimum absolute atomic E-state index is 0.499. The summed E-state index contributed by atoms with van der Waals surface area (Å²) in [5, 5.41) is 9.74. The molecule has 1 amide bonds. The minimum Gasteiger partial charge on any atom is -0.468 e. The summed E-state index contributed by atoms with van der Waals surface area (Å²) in [4.78, 5) is 22.8. The molecule has 1 fully saturated rings. The molecule has 20 heavy (non-hydrogen) atoms. The maximum absolute atomic E-state index is 11.8. The Kier molecular flexibility index (Phi) is 4.18. The molecule has 0 spiro atoms. The number of carbonyl (C=O) groups is 2. The third-order valence-electron chi connectivity index (χ3n) is 2.98. The van der Waals surface area contributed by atoms with E-state index >= 15 is 0 Å². The molecule has 0 saturated carbocycles. The molecule has 8 nitrogen and oxygen atoms in total. The van der Waals surface area contributed by atoms with Crippen LogP contribution in [0.5, 0.6) is 0 Å². The van der Waals surface area contributed by atoms with E-state index in [2.05, 4.69) is 16.4 Å². The summed E-state index contributed by atoms with van der Waals surface area (Å²) in [6, 6.07) is 6.12. The van der Waals surface area contributed by atoms with Crippen molar-refractivity contribution < 1.29 is 19.4 Å². The second-order valence-corrected chi connectivity index (χ2v) is 4.40. The smallest absolute Gasteiger partial charge is 0.438 e. The normalized spacial score (nSPS) is 22.4. The first kappa shape index (κ1) is 14.3. The standard InChI is InChI=1S/C12H16N4O4/c1-7-4-3-5-8(6-7)9-10(11(17)20-2)13-15-16(14-9)12(18)19/h3-6,9-10,13-15H,1-2H3,(H,18,19). The Balaban J connectivity index is 2.30. The average molecular weight is 280 g/mol. The lowest BCUT2D eigenvalue weighted by Gasteiger charge is -2.37. The molecule has 8 heteroatoms. The Hall–Kier alpha value is -2.16. The molecule has 4 N–H and O–H groups in total. The number of hydrogen-bond acceptors (Lipinski definition) is 6. The Morgan fingerprint density at radius 1 is 1.40 bits per heavy atom. The van der Waals surface area contributed by atoms with E-state index in [1.165, 1.54) is 7.11 Å². The highest BCUT2D eigenvalue weighted by Gasteiger charge is 2.37. The van der Waals surface area contributed by atoms with Gasteiger partial charge in [-0.25, -0.2) is 15.6 Å². The third kappa shape index (κ3) is 2.87. The zero-order valence-corrected chi connectivity index (χ0v) is 11.1. The van der Waals surface area contributed by atoms with E-state index in [-0.39, 0.29) is 0 Å². The topological polar surface area (TPSA) is 103 Å². The molecule has 1 saturated heterocycles. The number of rotatable bonds is 2. The molecule has 1 aromatic rings. The predicted octanol–water partition coefficient (Wildman–Crippen LogP) is 0.0851. The molecule has 0 aliphatic carbocycles. The van der Waals surface area contributed by atoms with E-state index in [1.54, 1.807) is 0 Å². The lowest BCUT2D eigenvalue weighted by Crippen LogP contribution is -2.69. The Morgan fingerprint density at radius 2 is 2.15 bits per heavy atom. The van der Waals surface area contributed by atoms with Crippen molar-refractivity contribution in [3.8, 4) is 0 Å². The number of methoxy groups -OCH3 is 1. The van der Waals surface area contributed by atoms with E-state index in [1.807, 2.05) is 31.2 Å². The van der Waals surface area contributed by atoms with Gasteiger partial charge < -0.3 is 9.84 Å². The van der Waals surface area contributed by atoms with Gasteiger partial charge in [-0.3, -0.25) is 4.79 Å². The summed E-state index contributed by atoms with van der Waals surface area (Å²) in [5.41, 5.74) is 9.50. The van der Waals surface area contributed by atoms with Crippen molar-refractivity contribution in [2.75, 3.05) is 7.11 Å². The van der Waals surface area contributed by atoms with Crippen molar-refractivity contribution in [1.82, 2.24) is 21.5 Å². The van der Waals surface area contributed by atoms with Gasteiger partial charge in [-0.05, 0) is 12.5 Å². The van der Waals surface area contributed by atoms with E-state index in [4.69, 9.17) is 9.84 Å². The number of amides is 1. The molecule has 108 valence electrons. The highest BCUT2D eigenvalue weighted by molar-refractivity contribution is 5.77. The molecule has 1 aliphatic rings. The maximum atomic E-state index is 11.8. The van der Waals surface area contributed by atoms with Crippen molar-refractivity contribution in [3.63, 3.8) is 0 Å². The predicted molar refractivity (Wildman–Crippen MR) is 69.0 cm³/mol. The van der Waals surface area contributed by atoms with Crippen LogP contribution in [-0.2, 0) is 9.53 Å². The Morgan fingerprint density at radius 3 is 2.75 bits per heavy atom. The van der Waals surface area contributed by atoms with E-state index in [0.29, 0.717) is 0 Å². The number of hydrazine groups is 3. The molecule has 0 bridgehead atoms. The molecule has 2 atom stereocenters. The monoisotopic (exact) mass is 280 g/mol. The number of ether oxygens (including phenoxy) is 1. The van der Waals surface area contributed by atoms with Gasteiger partial charge in [0.25, 0.3) is 0 Å². The van der Waals surface area contributed by atoms with E-state index in [9.17, 15) is 9.59 Å². The van der Waals surface area contributed by atoms with Crippen LogP contribution in [0.25, 0.3) is 0 Å². The number of benzene rings is 1. The molecule has 0 aromatic heterocycles. The molecule has 2 unspecified atom stereocenters. The van der Waals surface area contributed by atoms with Gasteiger partial charge in [0.05, 0.1) is 13.2 Å². The van der Waals surface area contributed by atoms with Crippen LogP contribution in [0.4, 0.5) is 4.79 Å². The molecule has 2 rings (SSSR count). The van der Waals surface area contributed by atoms with Crippen LogP contribution in [0.3, 0.4) is 0 Å². The lowest BCUT2D eigenvalue weighted by molar-refractivity contribution is -0.148. The van der Waals surface area contributed by atoms with Gasteiger partial charge in [-0.2, -0.15) is 5.12 Å². The third-order valence-corrected chi connectivity index (χ3v) is 2.98. The van der Waals surface area contributed by atoms with Gasteiger partial charge in [0.2, 0.25) is 0 Å². The second kappa shape index (κ2) is 5.87. The fraction of sp³-hybridized carbons (Fsp3) is 0.333. The highest BCUT2D eigenvalue weighted by atomic mass is 16.5. The van der Waals surface area contributed by atoms with Crippen molar-refractivity contribution in [2.24, 2.45) is 0 Å². The molecule has 1 aliphatic heterocycles. The molecular weight excluding hydrogens is 264 g/mol. The Bertz CT molecular complexity index is 522. The van der Waals surface area contributed by atoms with Crippen LogP contribution in [0, 0.1) is 6.92 Å². The minimum atomic E-state index is -1.22. The summed E-state index contributed by atoms with van der Waals surface area (Å²) in [7, 11) is 1.28. The molecule has 0 radical (unpaired) electrons. The van der Waals surface area contributed by atoms with Crippen LogP contribution >= 0.6 is 0 Å². The number of nitrogens with zero attached hydrogens (tertiary/aromatic N) is 1. The first-order chi connectivity index (χ1) is 9.52. The number of aryl methyl sites for hydroxylation is 1. The lowest BCUT2D eigenvalue weighted by atomic mass is 9.98. The average Bonchev–Trinajstić information content (AvgIpc) is 2.45. The SMILES string of the molecule is COC(=O)C1NNN(C(=O)O)NC1c1cccc(C)c1. The van der Waals surface area contributed by atoms with E-state index in [0.717, 1.165) is 16.2 Å². The van der Waals surface area contributed by atoms with E-state index < -0.39 is 24.1 Å². The summed E-state index contributed by atoms with van der Waals surface area (Å²) in [5.74, 6) is -0.499. The summed E-state index contributed by atoms with van der Waals surface area (Å²) in [6.07, 6.45) is -1.22. The largest absolute Gasteiger partial charge is 0.468 e. The zero-order chi connectivity index (χ0) is 14.7. The molecular formula is C12H16N4O4. The van der Waals surface area contributed by atoms with Crippen LogP contribution in [0.2, 0.25) is 0 Å². The van der Waals surface area contributed by atoms with Crippen LogP contribution < -0.4 is 16.4 Å². The van der Waals surface area contributed by atoms with Crippen LogP contribution in [0.1, 0.15) is 17.2 Å². The summed E-state index contributed by atoms with van der Waals surface area (Å²) < 4.78 is 4.72. The first-order valence-corrected chi connectivity index (χ1v) is 5.97. The fourth-order valence-corrected chi connectivity index (χ4v) is 2.02. The van der Waals surface area contributed by atoms with Gasteiger partial charge in [0.1, 0.15) is 6.04 Å². The Labute approximate surface area is 115 Å². The van der Waals surface area contributed by atoms with Crippen LogP contribution in [0.15, 0.2) is 24.3 Å². The summed E-state index contributed by atoms with van der Waals surface area (Å²) >= 11 is 0. The summed E-state index contributed by atoms with van der Waals surface area (Å²) in [6.45, 7) is 1.92. The quantitative estimate of drug-likeness (QED) is 0.569. The van der Waals surface area contributed by atoms with Crippen molar-refractivity contribution in [2.45, 2.75) is 19.0 Å². The van der Waals surface area contributed by atoms with Crippen molar-refractivity contribution in [3.05, 3.63) is 35.4 Å². The number of esters is 1. The highest BCUT2D eigenvalue weighted by Crippen LogP contribution is 2.21. The second-order valence-electron chi connectivity index (χ2n) is 4.40. The van der Waals surface area contributed by atoms with Gasteiger partial charge in [0, 0.05) is 0 Å². The van der Waals surface area contributed by atoms with Crippen molar-refractivity contribution in [1.29, 1.82) is 0 Å². The first-order valence-electron chi connectivity index (χ1n) is 5.97. The van der Waals surface area contributed by atoms with Crippen LogP contribution in [-0.4, -0.2) is 35.4 Å². The number of nitrogens with one attached hydrogen (secondary N) is 3. The van der Waals surface area contributed by atoms with Gasteiger partial charge in [-0.15, -0.1) is 5.53 Å². The maximum Gasteiger partial charge on any atom is 0.438 e. The molecule has 1 heterocycles. The fourth-order valence-electron chi connectivity index (χ4n) is 2.02. The number of hydrogen-bond donors (Lipinski definition) is 4.